The zero-order valence-electron chi connectivity index (χ0n) is 30.8. The number of ether oxygens (including phenoxy) is 1. The van der Waals surface area contributed by atoms with Crippen molar-refractivity contribution in [3.63, 3.8) is 0 Å². The molecule has 0 aromatic carbocycles. The van der Waals surface area contributed by atoms with E-state index in [0.717, 1.165) is 35.4 Å². The average molecular weight is 890 g/mol. The molecule has 0 aliphatic carbocycles. The Balaban J connectivity index is 1.47. The number of carbonyl (C=O) groups is 3. The molecule has 320 valence electrons. The molecule has 28 heteroatoms. The first kappa shape index (κ1) is 48.4. The number of nitrogens with two attached hydrogens (primary N) is 1. The molecule has 3 heterocycles. The number of imidazole rings is 1. The Morgan fingerprint density at radius 1 is 1.05 bits per heavy atom. The van der Waals surface area contributed by atoms with Crippen LogP contribution in [0, 0.1) is 5.41 Å². The van der Waals surface area contributed by atoms with E-state index in [0.29, 0.717) is 12.2 Å². The lowest BCUT2D eigenvalue weighted by Crippen LogP contribution is -2.46. The molecule has 0 spiro atoms. The van der Waals surface area contributed by atoms with Crippen LogP contribution in [0.3, 0.4) is 0 Å². The summed E-state index contributed by atoms with van der Waals surface area (Å²) >= 11 is 1.02. The van der Waals surface area contributed by atoms with Crippen LogP contribution in [0.1, 0.15) is 46.3 Å². The van der Waals surface area contributed by atoms with Crippen LogP contribution in [-0.4, -0.2) is 123 Å². The standard InChI is InChI=1S/C29H46N7O17P3S/c1-4-5-6-7-8-9-20(38)57-13-12-31-19(37)10-11-32-27(41)24(40)29(2,3)15-50-56(47,48)53-55(45,46)49-14-18-23(52-54(42,43)44)22(39)28(51-18)36-17-35-21-25(30)33-16-34-26(21)36/h5-6,8-9,16-18,22-24,28,39-40H,4,7,10-15H2,1-3H3,(H,31,37)(H,32,41)(H,45,46)(H,47,48)(H2,30,33,34)(H2,42,43,44)/b6-5+,9-8+. The highest BCUT2D eigenvalue weighted by Crippen LogP contribution is 2.61. The van der Waals surface area contributed by atoms with Gasteiger partial charge < -0.3 is 50.9 Å². The van der Waals surface area contributed by atoms with Gasteiger partial charge in [-0.15, -0.1) is 0 Å². The lowest BCUT2D eigenvalue weighted by molar-refractivity contribution is -0.137. The summed E-state index contributed by atoms with van der Waals surface area (Å²) in [7, 11) is -16.4. The number of aliphatic hydroxyl groups is 2. The van der Waals surface area contributed by atoms with Crippen molar-refractivity contribution >= 4 is 69.1 Å². The SMILES string of the molecule is CC/C=C/C/C=C/C(=O)SCCNC(=O)CCNC(=O)C(O)C(C)(C)COP(=O)(O)OP(=O)(O)OCC1OC(n2cnc3c(N)ncnc32)C(O)C1OP(=O)(O)O. The van der Waals surface area contributed by atoms with E-state index in [9.17, 15) is 57.9 Å². The summed E-state index contributed by atoms with van der Waals surface area (Å²) in [5, 5.41) is 26.2. The molecule has 2 amide bonds. The number of phosphoric acid groups is 3. The molecule has 57 heavy (non-hydrogen) atoms. The molecular weight excluding hydrogens is 843 g/mol. The lowest BCUT2D eigenvalue weighted by atomic mass is 9.87. The Morgan fingerprint density at radius 3 is 2.44 bits per heavy atom. The Hall–Kier alpha value is -2.96. The maximum atomic E-state index is 12.7. The monoisotopic (exact) mass is 889 g/mol. The number of anilines is 1. The van der Waals surface area contributed by atoms with Crippen molar-refractivity contribution in [2.45, 2.75) is 70.7 Å². The Labute approximate surface area is 330 Å². The zero-order chi connectivity index (χ0) is 42.6. The van der Waals surface area contributed by atoms with Crippen LogP contribution in [0.4, 0.5) is 5.82 Å². The summed E-state index contributed by atoms with van der Waals surface area (Å²) in [5.41, 5.74) is 4.26. The van der Waals surface area contributed by atoms with E-state index in [1.54, 1.807) is 6.08 Å². The van der Waals surface area contributed by atoms with Crippen LogP contribution >= 0.6 is 35.2 Å². The summed E-state index contributed by atoms with van der Waals surface area (Å²) in [6, 6.07) is 0. The number of hydrogen-bond donors (Lipinski definition) is 9. The Kier molecular flexibility index (Phi) is 18.1. The molecule has 0 bridgehead atoms. The Morgan fingerprint density at radius 2 is 1.75 bits per heavy atom. The number of fused-ring (bicyclic) bond motifs is 1. The van der Waals surface area contributed by atoms with Gasteiger partial charge in [-0.05, 0) is 18.9 Å². The highest BCUT2D eigenvalue weighted by molar-refractivity contribution is 8.14. The number of rotatable bonds is 23. The number of carbonyl (C=O) groups excluding carboxylic acids is 3. The first-order valence-corrected chi connectivity index (χ1v) is 22.4. The van der Waals surface area contributed by atoms with E-state index >= 15 is 0 Å². The minimum Gasteiger partial charge on any atom is -0.386 e. The van der Waals surface area contributed by atoms with Crippen molar-refractivity contribution in [1.29, 1.82) is 0 Å². The predicted molar refractivity (Wildman–Crippen MR) is 200 cm³/mol. The molecule has 10 N–H and O–H groups in total. The van der Waals surface area contributed by atoms with Crippen molar-refractivity contribution in [3.05, 3.63) is 37.0 Å². The third-order valence-electron chi connectivity index (χ3n) is 7.67. The third kappa shape index (κ3) is 15.6. The van der Waals surface area contributed by atoms with Gasteiger partial charge in [0.2, 0.25) is 16.9 Å². The molecule has 1 aliphatic heterocycles. The number of phosphoric ester groups is 3. The molecule has 1 aliphatic rings. The normalized spacial score (nSPS) is 21.8. The van der Waals surface area contributed by atoms with E-state index in [2.05, 4.69) is 34.4 Å². The molecule has 7 atom stereocenters. The summed E-state index contributed by atoms with van der Waals surface area (Å²) in [6.07, 6.45) is 1.72. The summed E-state index contributed by atoms with van der Waals surface area (Å²) in [4.78, 5) is 87.4. The van der Waals surface area contributed by atoms with Crippen molar-refractivity contribution in [2.24, 2.45) is 5.41 Å². The number of thioether (sulfide) groups is 1. The van der Waals surface area contributed by atoms with Gasteiger partial charge in [0.05, 0.1) is 19.5 Å². The van der Waals surface area contributed by atoms with Crippen molar-refractivity contribution < 1.29 is 80.5 Å². The minimum atomic E-state index is -5.57. The topological polar surface area (TPSA) is 364 Å². The number of aliphatic hydroxyl groups excluding tert-OH is 2. The second-order valence-corrected chi connectivity index (χ2v) is 18.1. The fraction of sp³-hybridized carbons (Fsp3) is 0.586. The molecule has 0 saturated carbocycles. The number of hydrogen-bond acceptors (Lipinski definition) is 18. The first-order chi connectivity index (χ1) is 26.6. The summed E-state index contributed by atoms with van der Waals surface area (Å²) in [6.45, 7) is 2.47. The lowest BCUT2D eigenvalue weighted by Gasteiger charge is -2.30. The van der Waals surface area contributed by atoms with Crippen LogP contribution in [0.5, 0.6) is 0 Å². The fourth-order valence-electron chi connectivity index (χ4n) is 4.84. The largest absolute Gasteiger partial charge is 0.481 e. The first-order valence-electron chi connectivity index (χ1n) is 16.9. The maximum absolute atomic E-state index is 12.7. The van der Waals surface area contributed by atoms with Gasteiger partial charge >= 0.3 is 23.5 Å². The van der Waals surface area contributed by atoms with Crippen molar-refractivity contribution in [1.82, 2.24) is 30.2 Å². The van der Waals surface area contributed by atoms with Crippen molar-refractivity contribution in [2.75, 3.05) is 37.8 Å². The van der Waals surface area contributed by atoms with Crippen LogP contribution in [-0.2, 0) is 50.7 Å². The average Bonchev–Trinajstić information content (AvgIpc) is 3.68. The molecule has 24 nitrogen and oxygen atoms in total. The van der Waals surface area contributed by atoms with Crippen LogP contribution < -0.4 is 16.4 Å². The van der Waals surface area contributed by atoms with Gasteiger partial charge in [0, 0.05) is 30.7 Å². The van der Waals surface area contributed by atoms with Crippen LogP contribution in [0.15, 0.2) is 37.0 Å². The fourth-order valence-corrected chi connectivity index (χ4v) is 8.26. The van der Waals surface area contributed by atoms with Gasteiger partial charge in [0.15, 0.2) is 17.7 Å². The molecular formula is C29H46N7O17P3S. The van der Waals surface area contributed by atoms with Gasteiger partial charge in [-0.3, -0.25) is 32.5 Å². The zero-order valence-corrected chi connectivity index (χ0v) is 34.3. The minimum absolute atomic E-state index is 0.0297. The molecule has 2 aromatic heterocycles. The number of aromatic nitrogens is 4. The predicted octanol–water partition coefficient (Wildman–Crippen LogP) is 0.577. The molecule has 0 radical (unpaired) electrons. The van der Waals surface area contributed by atoms with Gasteiger partial charge in [-0.25, -0.2) is 28.6 Å². The van der Waals surface area contributed by atoms with E-state index in [1.165, 1.54) is 19.9 Å². The van der Waals surface area contributed by atoms with E-state index < -0.39 is 84.6 Å². The molecule has 1 fully saturated rings. The van der Waals surface area contributed by atoms with E-state index in [1.807, 2.05) is 19.1 Å². The molecule has 3 rings (SSSR count). The molecule has 1 saturated heterocycles. The summed E-state index contributed by atoms with van der Waals surface area (Å²) < 4.78 is 62.1. The van der Waals surface area contributed by atoms with Gasteiger partial charge in [-0.2, -0.15) is 4.31 Å². The molecule has 2 aromatic rings. The maximum Gasteiger partial charge on any atom is 0.481 e. The van der Waals surface area contributed by atoms with Gasteiger partial charge in [0.25, 0.3) is 0 Å². The number of nitrogens with zero attached hydrogens (tertiary/aromatic N) is 4. The quantitative estimate of drug-likeness (QED) is 0.0319. The van der Waals surface area contributed by atoms with Crippen LogP contribution in [0.25, 0.3) is 11.2 Å². The second-order valence-electron chi connectivity index (χ2n) is 12.8. The highest BCUT2D eigenvalue weighted by Gasteiger charge is 2.50. The van der Waals surface area contributed by atoms with Crippen LogP contribution in [0.2, 0.25) is 0 Å². The van der Waals surface area contributed by atoms with E-state index in [4.69, 9.17) is 19.5 Å². The van der Waals surface area contributed by atoms with Gasteiger partial charge in [-0.1, -0.05) is 50.8 Å². The number of nitrogen functional groups attached to an aromatic ring is 1. The molecule has 7 unspecified atom stereocenters. The number of amides is 2. The highest BCUT2D eigenvalue weighted by atomic mass is 32.2. The van der Waals surface area contributed by atoms with Gasteiger partial charge in [0.1, 0.15) is 36.3 Å². The third-order valence-corrected chi connectivity index (χ3v) is 11.6. The second kappa shape index (κ2) is 21.3. The summed E-state index contributed by atoms with van der Waals surface area (Å²) in [5.74, 6) is -1.14. The smallest absolute Gasteiger partial charge is 0.386 e. The van der Waals surface area contributed by atoms with E-state index in [-0.39, 0.29) is 41.6 Å². The number of nitrogens with one attached hydrogen (secondary N) is 2. The van der Waals surface area contributed by atoms with Crippen molar-refractivity contribution in [3.8, 4) is 0 Å². The number of allylic oxidation sites excluding steroid dienone is 3. The Bertz CT molecular complexity index is 1910.